The van der Waals surface area contributed by atoms with Gasteiger partial charge in [0.25, 0.3) is 5.91 Å². The van der Waals surface area contributed by atoms with Gasteiger partial charge >= 0.3 is 5.30 Å². The van der Waals surface area contributed by atoms with Crippen molar-refractivity contribution in [2.45, 2.75) is 32.4 Å². The molecule has 2 aliphatic heterocycles. The fourth-order valence-corrected chi connectivity index (χ4v) is 8.22. The molecule has 40 heavy (non-hydrogen) atoms. The highest BCUT2D eigenvalue weighted by molar-refractivity contribution is 14.1. The van der Waals surface area contributed by atoms with Gasteiger partial charge in [-0.15, -0.1) is 0 Å². The molecule has 0 saturated carbocycles. The number of amides is 2. The lowest BCUT2D eigenvalue weighted by atomic mass is 10.0. The van der Waals surface area contributed by atoms with Crippen LogP contribution in [0.2, 0.25) is 0 Å². The van der Waals surface area contributed by atoms with Gasteiger partial charge in [-0.2, -0.15) is 0 Å². The van der Waals surface area contributed by atoms with Gasteiger partial charge in [0.15, 0.2) is 12.0 Å². The summed E-state index contributed by atoms with van der Waals surface area (Å²) in [5, 5.41) is 0.809. The van der Waals surface area contributed by atoms with Crippen LogP contribution in [0.15, 0.2) is 91.0 Å². The smallest absolute Gasteiger partial charge is 0.399 e. The molecular formula is C29H27IN2O6S2. The van der Waals surface area contributed by atoms with Crippen molar-refractivity contribution in [3.63, 3.8) is 0 Å². The van der Waals surface area contributed by atoms with Crippen molar-refractivity contribution in [1.29, 1.82) is 0 Å². The molecule has 3 aromatic carbocycles. The van der Waals surface area contributed by atoms with E-state index in [1.807, 2.05) is 73.7 Å². The fraction of sp³-hybridized carbons (Fsp3) is 0.276. The van der Waals surface area contributed by atoms with Crippen LogP contribution in [0.3, 0.4) is 0 Å². The number of benzene rings is 3. The van der Waals surface area contributed by atoms with Gasteiger partial charge in [0.1, 0.15) is 28.0 Å². The van der Waals surface area contributed by atoms with Gasteiger partial charge < -0.3 is 19.7 Å². The summed E-state index contributed by atoms with van der Waals surface area (Å²) < 4.78 is 24.4. The van der Waals surface area contributed by atoms with E-state index < -0.39 is 47.5 Å². The van der Waals surface area contributed by atoms with Crippen molar-refractivity contribution in [2.24, 2.45) is 0 Å². The minimum absolute atomic E-state index is 0.199. The Balaban J connectivity index is 1.26. The van der Waals surface area contributed by atoms with Crippen LogP contribution < -0.4 is 10.1 Å². The zero-order valence-electron chi connectivity index (χ0n) is 21.5. The Morgan fingerprint density at radius 1 is 1.02 bits per heavy atom. The molecule has 0 bridgehead atoms. The number of carbonyl (C=O) groups excluding carboxylic acids is 3. The third-order valence-corrected chi connectivity index (χ3v) is 11.0. The average Bonchev–Trinajstić information content (AvgIpc) is 2.97. The first-order valence-corrected chi connectivity index (χ1v) is 15.8. The number of thioether (sulfide) groups is 1. The second-order valence-corrected chi connectivity index (χ2v) is 14.7. The van der Waals surface area contributed by atoms with Gasteiger partial charge in [-0.25, -0.2) is 9.00 Å². The number of alkyl halides is 1. The monoisotopic (exact) mass is 690 g/mol. The van der Waals surface area contributed by atoms with Crippen molar-refractivity contribution in [3.05, 3.63) is 102 Å². The van der Waals surface area contributed by atoms with Crippen molar-refractivity contribution in [1.82, 2.24) is 10.2 Å². The number of ether oxygens (including phenoxy) is 2. The highest BCUT2D eigenvalue weighted by Crippen LogP contribution is 2.47. The van der Waals surface area contributed by atoms with Crippen LogP contribution >= 0.6 is 34.4 Å². The van der Waals surface area contributed by atoms with Crippen LogP contribution in [-0.4, -0.2) is 59.6 Å². The molecular weight excluding hydrogens is 663 g/mol. The van der Waals surface area contributed by atoms with Crippen molar-refractivity contribution in [3.8, 4) is 5.75 Å². The zero-order valence-corrected chi connectivity index (χ0v) is 25.3. The molecule has 5 rings (SSSR count). The van der Waals surface area contributed by atoms with Crippen LogP contribution in [0.25, 0.3) is 0 Å². The highest BCUT2D eigenvalue weighted by Gasteiger charge is 2.58. The Bertz CT molecular complexity index is 1350. The summed E-state index contributed by atoms with van der Waals surface area (Å²) in [4.78, 5) is 40.3. The Labute approximate surface area is 252 Å². The van der Waals surface area contributed by atoms with E-state index in [1.54, 1.807) is 29.2 Å². The molecule has 2 heterocycles. The molecule has 11 heteroatoms. The van der Waals surface area contributed by atoms with E-state index in [9.17, 15) is 18.6 Å². The molecule has 1 N–H and O–H groups in total. The molecule has 3 aromatic rings. The Kier molecular flexibility index (Phi) is 8.81. The normalized spacial score (nSPS) is 24.4. The lowest BCUT2D eigenvalue weighted by molar-refractivity contribution is -0.150. The SMILES string of the molecule is CC1(I)CN2C(=O)C(NC(=O)COc3ccccc3)[C@H]2SC1OC(=O)S(=O)C(c1ccccc1)c1ccccc1. The summed E-state index contributed by atoms with van der Waals surface area (Å²) in [6.07, 6.45) is 0. The number of carbonyl (C=O) groups is 3. The van der Waals surface area contributed by atoms with Gasteiger partial charge in [-0.05, 0) is 30.2 Å². The molecule has 0 spiro atoms. The van der Waals surface area contributed by atoms with E-state index in [1.165, 1.54) is 11.8 Å². The van der Waals surface area contributed by atoms with Crippen LogP contribution in [-0.2, 0) is 25.1 Å². The van der Waals surface area contributed by atoms with E-state index in [-0.39, 0.29) is 12.5 Å². The van der Waals surface area contributed by atoms with Gasteiger partial charge in [0.2, 0.25) is 5.91 Å². The summed E-state index contributed by atoms with van der Waals surface area (Å²) in [6.45, 7) is 1.98. The van der Waals surface area contributed by atoms with E-state index >= 15 is 0 Å². The maximum Gasteiger partial charge on any atom is 0.399 e. The molecule has 8 nitrogen and oxygen atoms in total. The minimum Gasteiger partial charge on any atom is -0.484 e. The third-order valence-electron chi connectivity index (χ3n) is 6.59. The molecule has 0 aliphatic carbocycles. The van der Waals surface area contributed by atoms with Crippen molar-refractivity contribution in [2.75, 3.05) is 13.2 Å². The third kappa shape index (κ3) is 6.21. The summed E-state index contributed by atoms with van der Waals surface area (Å²) in [6, 6.07) is 26.6. The number of fused-ring (bicyclic) bond motifs is 1. The number of hydrogen-bond donors (Lipinski definition) is 1. The summed E-state index contributed by atoms with van der Waals surface area (Å²) in [5.74, 6) is -0.0697. The second-order valence-electron chi connectivity index (χ2n) is 9.62. The minimum atomic E-state index is -2.03. The first kappa shape index (κ1) is 28.6. The van der Waals surface area contributed by atoms with Crippen molar-refractivity contribution < 1.29 is 28.1 Å². The van der Waals surface area contributed by atoms with Gasteiger partial charge in [-0.3, -0.25) is 9.59 Å². The van der Waals surface area contributed by atoms with Crippen LogP contribution in [0.1, 0.15) is 23.3 Å². The predicted molar refractivity (Wildman–Crippen MR) is 163 cm³/mol. The molecule has 208 valence electrons. The molecule has 2 fully saturated rings. The Morgan fingerprint density at radius 2 is 1.57 bits per heavy atom. The van der Waals surface area contributed by atoms with Crippen LogP contribution in [0.4, 0.5) is 4.79 Å². The number of rotatable bonds is 8. The van der Waals surface area contributed by atoms with E-state index in [0.29, 0.717) is 12.3 Å². The first-order chi connectivity index (χ1) is 19.2. The highest BCUT2D eigenvalue weighted by atomic mass is 127. The lowest BCUT2D eigenvalue weighted by Gasteiger charge is -2.55. The molecule has 2 aliphatic rings. The van der Waals surface area contributed by atoms with Gasteiger partial charge in [0, 0.05) is 6.54 Å². The number of halogens is 1. The van der Waals surface area contributed by atoms with Crippen LogP contribution in [0.5, 0.6) is 5.75 Å². The number of nitrogens with zero attached hydrogens (tertiary/aromatic N) is 1. The average molecular weight is 691 g/mol. The molecule has 0 aromatic heterocycles. The Morgan fingerprint density at radius 3 is 2.15 bits per heavy atom. The van der Waals surface area contributed by atoms with Crippen molar-refractivity contribution >= 4 is 62.3 Å². The second kappa shape index (κ2) is 12.3. The maximum absolute atomic E-state index is 13.6. The molecule has 2 amide bonds. The van der Waals surface area contributed by atoms with Crippen LogP contribution in [0, 0.1) is 0 Å². The zero-order chi connectivity index (χ0) is 28.3. The summed E-state index contributed by atoms with van der Waals surface area (Å²) in [5.41, 5.74) is 0.800. The molecule has 2 saturated heterocycles. The standard InChI is InChI=1S/C29H27IN2O6S2/c1-29(30)18-32-25(34)23(31-22(33)17-37-21-15-9-4-10-16-21)26(32)39-27(29)38-28(35)40(36)24(19-11-5-2-6-12-19)20-13-7-3-8-14-20/h2-16,23-24,26-27H,17-18H2,1H3,(H,31,33)/t23?,26-,27?,29?,40?/m1/s1. The Hall–Kier alpha value is -2.90. The number of nitrogens with one attached hydrogen (secondary N) is 1. The number of hydrogen-bond acceptors (Lipinski definition) is 7. The van der Waals surface area contributed by atoms with E-state index in [0.717, 1.165) is 11.1 Å². The van der Waals surface area contributed by atoms with Gasteiger partial charge in [-0.1, -0.05) is 113 Å². The maximum atomic E-state index is 13.6. The number of β-lactam (4-membered cyclic amide) rings is 1. The molecule has 0 radical (unpaired) electrons. The molecule has 5 atom stereocenters. The summed E-state index contributed by atoms with van der Waals surface area (Å²) >= 11 is 3.44. The summed E-state index contributed by atoms with van der Waals surface area (Å²) in [7, 11) is -2.03. The largest absolute Gasteiger partial charge is 0.484 e. The number of para-hydroxylation sites is 1. The quantitative estimate of drug-likeness (QED) is 0.159. The van der Waals surface area contributed by atoms with E-state index in [4.69, 9.17) is 9.47 Å². The fourth-order valence-electron chi connectivity index (χ4n) is 4.61. The predicted octanol–water partition coefficient (Wildman–Crippen LogP) is 4.66. The topological polar surface area (TPSA) is 102 Å². The molecule has 4 unspecified atom stereocenters. The first-order valence-electron chi connectivity index (χ1n) is 12.6. The lowest BCUT2D eigenvalue weighted by Crippen LogP contribution is -2.74. The van der Waals surface area contributed by atoms with E-state index in [2.05, 4.69) is 27.9 Å². The van der Waals surface area contributed by atoms with Gasteiger partial charge in [0.05, 0.1) is 8.67 Å².